The minimum atomic E-state index is -0.879. The standard InChI is InChI=1S/3C16H10N6O2S2.C16H14N4O4S2.C15H11ClN4O4S2/c23-12(22-16-18-4-1-5-19-16)9-3-7-25-14(9)21-13(24)15-20-10-8-17-6-2-11(10)26-15;23-13(21-12-8-18-4-5-19-12)9-2-6-25-15(9)22-14(24)16-20-10-7-17-3-1-11(10)26-16;23-13(20-12-2-1-5-18-22-12)9-4-7-25-15(9)21-14(24)16-19-10-8-17-6-3-11(10)26-16;1-3-24-16(23)20-12(21)9-6-8(2)25-14(9)19-13(22)15-18-10-7-17-5-4-11(10)26-15;1-2-24-15(23)20-11(21)7-5-10(16)26-13(7)19-12(22)14-18-8-6-17-4-3-9(8)25-14/h1-8H,(H,21,24)(H,18,19,22,23);1-8H,(H,22,24)(H,19,21,23);1-8H,(H,21,24)(H,20,22,23);4-7H,3H2,1-2H3,(H,19,22)(H,20,21,23);3-6H,2H2,1H3,(H,19,22)(H,20,21,23). The van der Waals surface area contributed by atoms with Crippen LogP contribution in [0.1, 0.15) is 120 Å². The zero-order chi connectivity index (χ0) is 91.2. The highest BCUT2D eigenvalue weighted by atomic mass is 35.5. The third-order valence-corrected chi connectivity index (χ3v) is 26.0. The number of carbonyl (C=O) groups is 12. The molecule has 51 heteroatoms. The average Bonchev–Trinajstić information content (AvgIpc) is 1.69. The predicted octanol–water partition coefficient (Wildman–Crippen LogP) is 15.9. The lowest BCUT2D eigenvalue weighted by Gasteiger charge is -2.05. The van der Waals surface area contributed by atoms with E-state index >= 15 is 0 Å². The number of carbonyl (C=O) groups excluding carboxylic acids is 12. The molecule has 0 atom stereocenters. The van der Waals surface area contributed by atoms with Crippen molar-refractivity contribution in [2.24, 2.45) is 0 Å². The summed E-state index contributed by atoms with van der Waals surface area (Å²) in [4.78, 5) is 205. The first-order valence-corrected chi connectivity index (χ1v) is 45.7. The van der Waals surface area contributed by atoms with Crippen LogP contribution in [0.5, 0.6) is 0 Å². The molecule has 10 N–H and O–H groups in total. The first-order chi connectivity index (χ1) is 63.1. The lowest BCUT2D eigenvalue weighted by molar-refractivity contribution is 0.0912. The van der Waals surface area contributed by atoms with E-state index in [1.54, 1.807) is 172 Å². The van der Waals surface area contributed by atoms with Gasteiger partial charge in [-0.2, -0.15) is 5.10 Å². The van der Waals surface area contributed by atoms with E-state index in [1.807, 2.05) is 0 Å². The Morgan fingerprint density at radius 1 is 0.331 bits per heavy atom. The smallest absolute Gasteiger partial charge is 0.414 e. The lowest BCUT2D eigenvalue weighted by Crippen LogP contribution is -2.31. The van der Waals surface area contributed by atoms with Crippen molar-refractivity contribution in [2.45, 2.75) is 20.8 Å². The Morgan fingerprint density at radius 3 is 1.05 bits per heavy atom. The number of amides is 12. The summed E-state index contributed by atoms with van der Waals surface area (Å²) in [6.07, 6.45) is 23.4. The van der Waals surface area contributed by atoms with Crippen molar-refractivity contribution in [3.8, 4) is 0 Å². The van der Waals surface area contributed by atoms with Gasteiger partial charge in [0.2, 0.25) is 5.95 Å². The van der Waals surface area contributed by atoms with E-state index in [2.05, 4.69) is 138 Å². The van der Waals surface area contributed by atoms with Crippen LogP contribution in [0.3, 0.4) is 0 Å². The Kier molecular flexibility index (Phi) is 30.4. The molecule has 0 aromatic carbocycles. The van der Waals surface area contributed by atoms with Crippen LogP contribution in [0, 0.1) is 6.92 Å². The van der Waals surface area contributed by atoms with Crippen molar-refractivity contribution in [1.29, 1.82) is 0 Å². The predicted molar refractivity (Wildman–Crippen MR) is 497 cm³/mol. The summed E-state index contributed by atoms with van der Waals surface area (Å²) in [5.74, 6) is -3.71. The molecule has 18 aromatic rings. The number of imide groups is 2. The number of thiophene rings is 5. The van der Waals surface area contributed by atoms with Gasteiger partial charge in [-0.3, -0.25) is 93.8 Å². The van der Waals surface area contributed by atoms with Crippen LogP contribution in [0.15, 0.2) is 194 Å². The Bertz CT molecular complexity index is 6500. The number of nitrogens with one attached hydrogen (secondary N) is 10. The first-order valence-electron chi connectivity index (χ1n) is 37.0. The molecule has 0 aliphatic carbocycles. The molecule has 0 saturated heterocycles. The van der Waals surface area contributed by atoms with E-state index in [4.69, 9.17) is 16.3 Å². The second kappa shape index (κ2) is 43.4. The van der Waals surface area contributed by atoms with Crippen LogP contribution in [0.2, 0.25) is 4.34 Å². The molecule has 12 amide bonds. The normalized spacial score (nSPS) is 10.6. The molecule has 0 fully saturated rings. The average molecular weight is 1950 g/mol. The molecular weight excluding hydrogens is 1890 g/mol. The van der Waals surface area contributed by atoms with Gasteiger partial charge in [-0.15, -0.1) is 118 Å². The van der Waals surface area contributed by atoms with Crippen molar-refractivity contribution in [1.82, 2.24) is 90.6 Å². The SMILES string of the molecule is CCOC(=O)NC(=O)c1cc(C)sc1NC(=O)c1nc2cnccc2s1.CCOC(=O)NC(=O)c1cc(Cl)sc1NC(=O)c1nc2cnccc2s1.O=C(Nc1sccc1C(=O)Nc1cccnn1)c1nc2cnccc2s1.O=C(Nc1sccc1C(=O)Nc1cnccn1)c1nc2cnccc2s1.O=C(Nc1sccc1C(=O)Nc1ncccn1)c1nc2cnccc2s1. The summed E-state index contributed by atoms with van der Waals surface area (Å²) in [6, 6.07) is 21.7. The number of aryl methyl sites for hydroxylation is 1. The number of aromatic nitrogens is 16. The molecule has 0 aliphatic heterocycles. The highest BCUT2D eigenvalue weighted by molar-refractivity contribution is 7.23. The molecule has 18 rings (SSSR count). The number of fused-ring (bicyclic) bond motifs is 5. The number of rotatable bonds is 20. The van der Waals surface area contributed by atoms with Gasteiger partial charge in [0.25, 0.3) is 59.1 Å². The second-order valence-electron chi connectivity index (χ2n) is 24.9. The molecule has 0 bridgehead atoms. The fraction of sp³-hybridized carbons (Fsp3) is 0.0633. The first kappa shape index (κ1) is 91.1. The summed E-state index contributed by atoms with van der Waals surface area (Å²) in [7, 11) is 0. The number of hydrogen-bond donors (Lipinski definition) is 10. The maximum atomic E-state index is 12.5. The molecule has 0 saturated carbocycles. The zero-order valence-corrected chi connectivity index (χ0v) is 75.1. The van der Waals surface area contributed by atoms with Crippen molar-refractivity contribution < 1.29 is 67.0 Å². The highest BCUT2D eigenvalue weighted by Gasteiger charge is 2.27. The Balaban J connectivity index is 0.000000131. The number of pyridine rings is 5. The third-order valence-electron chi connectivity index (χ3n) is 16.2. The number of halogens is 1. The number of nitrogens with zero attached hydrogens (tertiary/aromatic N) is 16. The minimum Gasteiger partial charge on any atom is -0.450 e. The summed E-state index contributed by atoms with van der Waals surface area (Å²) in [6.45, 7) is 5.32. The van der Waals surface area contributed by atoms with E-state index in [9.17, 15) is 57.5 Å². The van der Waals surface area contributed by atoms with Crippen LogP contribution in [0.4, 0.5) is 52.2 Å². The Hall–Kier alpha value is -15.1. The quantitative estimate of drug-likeness (QED) is 0.0339. The number of thiazole rings is 5. The molecular formula is C79H55ClN26O14S10. The molecule has 0 aliphatic rings. The van der Waals surface area contributed by atoms with Gasteiger partial charge in [0.05, 0.1) is 106 Å². The number of alkyl carbamates (subject to hydrolysis) is 2. The van der Waals surface area contributed by atoms with E-state index < -0.39 is 41.7 Å². The van der Waals surface area contributed by atoms with E-state index in [-0.39, 0.29) is 79.2 Å². The van der Waals surface area contributed by atoms with Crippen molar-refractivity contribution in [3.63, 3.8) is 0 Å². The number of ether oxygens (including phenoxy) is 2. The topological polar surface area (TPSA) is 550 Å². The van der Waals surface area contributed by atoms with Crippen LogP contribution in [-0.4, -0.2) is 164 Å². The van der Waals surface area contributed by atoms with Crippen molar-refractivity contribution >= 4 is 290 Å². The highest BCUT2D eigenvalue weighted by Crippen LogP contribution is 2.36. The molecule has 0 spiro atoms. The van der Waals surface area contributed by atoms with Crippen molar-refractivity contribution in [3.05, 3.63) is 256 Å². The number of anilines is 8. The van der Waals surface area contributed by atoms with Crippen LogP contribution < -0.4 is 53.2 Å². The molecule has 18 aromatic heterocycles. The van der Waals surface area contributed by atoms with Gasteiger partial charge in [-0.25, -0.2) is 49.5 Å². The largest absolute Gasteiger partial charge is 0.450 e. The van der Waals surface area contributed by atoms with Gasteiger partial charge in [0, 0.05) is 66.8 Å². The Morgan fingerprint density at radius 2 is 0.692 bits per heavy atom. The van der Waals surface area contributed by atoms with Gasteiger partial charge >= 0.3 is 12.2 Å². The van der Waals surface area contributed by atoms with E-state index in [0.29, 0.717) is 90.9 Å². The molecule has 18 heterocycles. The van der Waals surface area contributed by atoms with E-state index in [0.717, 1.165) is 39.7 Å². The third kappa shape index (κ3) is 23.8. The molecule has 130 heavy (non-hydrogen) atoms. The lowest BCUT2D eigenvalue weighted by atomic mass is 10.2. The molecule has 40 nitrogen and oxygen atoms in total. The van der Waals surface area contributed by atoms with Crippen molar-refractivity contribution in [2.75, 3.05) is 55.7 Å². The van der Waals surface area contributed by atoms with Gasteiger partial charge in [0.15, 0.2) is 36.7 Å². The molecule has 0 radical (unpaired) electrons. The molecule has 652 valence electrons. The maximum Gasteiger partial charge on any atom is 0.414 e. The van der Waals surface area contributed by atoms with Gasteiger partial charge in [0.1, 0.15) is 52.6 Å². The van der Waals surface area contributed by atoms with Crippen LogP contribution in [-0.2, 0) is 9.47 Å². The Labute approximate surface area is 774 Å². The maximum absolute atomic E-state index is 12.5. The summed E-state index contributed by atoms with van der Waals surface area (Å²) in [5, 5.41) is 41.5. The second-order valence-corrected chi connectivity index (χ2v) is 35.8. The van der Waals surface area contributed by atoms with Gasteiger partial charge in [-0.1, -0.05) is 11.6 Å². The van der Waals surface area contributed by atoms with Crippen LogP contribution >= 0.6 is 125 Å². The summed E-state index contributed by atoms with van der Waals surface area (Å²) >= 11 is 18.2. The fourth-order valence-corrected chi connectivity index (χ4v) is 19.1. The van der Waals surface area contributed by atoms with Crippen LogP contribution in [0.25, 0.3) is 51.1 Å². The zero-order valence-electron chi connectivity index (χ0n) is 66.2. The monoisotopic (exact) mass is 1950 g/mol. The number of hydrogen-bond acceptors (Lipinski definition) is 40. The summed E-state index contributed by atoms with van der Waals surface area (Å²) < 4.78 is 13.9. The van der Waals surface area contributed by atoms with Gasteiger partial charge < -0.3 is 46.7 Å². The van der Waals surface area contributed by atoms with E-state index in [1.165, 1.54) is 145 Å². The van der Waals surface area contributed by atoms with Gasteiger partial charge in [-0.05, 0) is 116 Å². The fourth-order valence-electron chi connectivity index (χ4n) is 10.6. The summed E-state index contributed by atoms with van der Waals surface area (Å²) in [5.41, 5.74) is 4.49. The molecule has 0 unspecified atom stereocenters. The minimum absolute atomic E-state index is 0.0594.